The van der Waals surface area contributed by atoms with Crippen LogP contribution in [0.4, 0.5) is 8.78 Å². The molecule has 2 aliphatic heterocycles. The van der Waals surface area contributed by atoms with Crippen molar-refractivity contribution in [1.82, 2.24) is 0 Å². The van der Waals surface area contributed by atoms with E-state index in [-0.39, 0.29) is 49.1 Å². The smallest absolute Gasteiger partial charge is 0.306 e. The van der Waals surface area contributed by atoms with Gasteiger partial charge in [0.25, 0.3) is 5.92 Å². The van der Waals surface area contributed by atoms with Crippen molar-refractivity contribution in [2.75, 3.05) is 6.61 Å². The van der Waals surface area contributed by atoms with Crippen molar-refractivity contribution >= 4 is 5.97 Å². The van der Waals surface area contributed by atoms with Crippen LogP contribution in [-0.4, -0.2) is 48.2 Å². The summed E-state index contributed by atoms with van der Waals surface area (Å²) >= 11 is 0. The fourth-order valence-corrected chi connectivity index (χ4v) is 4.67. The molecule has 0 aromatic carbocycles. The molecule has 5 nitrogen and oxygen atoms in total. The number of ether oxygens (including phenoxy) is 3. The second kappa shape index (κ2) is 9.14. The number of aliphatic hydroxyl groups is 1. The van der Waals surface area contributed by atoms with Crippen LogP contribution in [0.25, 0.3) is 0 Å². The minimum atomic E-state index is -3.07. The highest BCUT2D eigenvalue weighted by Crippen LogP contribution is 2.46. The molecule has 1 aliphatic carbocycles. The molecular weight excluding hydrogens is 358 g/mol. The van der Waals surface area contributed by atoms with Crippen LogP contribution in [0.3, 0.4) is 0 Å². The van der Waals surface area contributed by atoms with Crippen molar-refractivity contribution in [3.05, 3.63) is 0 Å². The Kier molecular flexibility index (Phi) is 7.08. The molecule has 3 rings (SSSR count). The molecule has 0 spiro atoms. The maximum Gasteiger partial charge on any atom is 0.306 e. The van der Waals surface area contributed by atoms with E-state index in [0.29, 0.717) is 38.7 Å². The van der Waals surface area contributed by atoms with Crippen LogP contribution in [-0.2, 0) is 19.0 Å². The molecule has 2 saturated heterocycles. The van der Waals surface area contributed by atoms with Crippen molar-refractivity contribution in [3.8, 4) is 0 Å². The van der Waals surface area contributed by atoms with E-state index in [2.05, 4.69) is 0 Å². The number of esters is 1. The van der Waals surface area contributed by atoms with E-state index in [1.807, 2.05) is 6.92 Å². The molecule has 0 bridgehead atoms. The number of carbonyl (C=O) groups is 1. The average molecular weight is 390 g/mol. The molecule has 7 heteroatoms. The quantitative estimate of drug-likeness (QED) is 0.607. The highest BCUT2D eigenvalue weighted by Gasteiger charge is 2.51. The van der Waals surface area contributed by atoms with Gasteiger partial charge in [-0.2, -0.15) is 0 Å². The number of aliphatic hydroxyl groups excluding tert-OH is 1. The maximum atomic E-state index is 14.1. The van der Waals surface area contributed by atoms with Gasteiger partial charge < -0.3 is 19.3 Å². The summed E-state index contributed by atoms with van der Waals surface area (Å²) in [5, 5.41) is 10.1. The summed E-state index contributed by atoms with van der Waals surface area (Å²) in [6.07, 6.45) is 2.67. The minimum Gasteiger partial charge on any atom is -0.462 e. The predicted molar refractivity (Wildman–Crippen MR) is 94.3 cm³/mol. The minimum absolute atomic E-state index is 0.00414. The van der Waals surface area contributed by atoms with E-state index in [9.17, 15) is 18.7 Å². The van der Waals surface area contributed by atoms with Gasteiger partial charge in [-0.1, -0.05) is 13.3 Å². The maximum absolute atomic E-state index is 14.1. The molecule has 1 N–H and O–H groups in total. The monoisotopic (exact) mass is 390 g/mol. The summed E-state index contributed by atoms with van der Waals surface area (Å²) in [5.41, 5.74) is 0. The summed E-state index contributed by atoms with van der Waals surface area (Å²) in [6.45, 7) is 2.53. The van der Waals surface area contributed by atoms with Gasteiger partial charge in [0.15, 0.2) is 6.29 Å². The summed E-state index contributed by atoms with van der Waals surface area (Å²) in [5.74, 6) is -3.37. The van der Waals surface area contributed by atoms with Crippen LogP contribution < -0.4 is 0 Å². The van der Waals surface area contributed by atoms with E-state index in [1.165, 1.54) is 0 Å². The first-order valence-corrected chi connectivity index (χ1v) is 10.4. The zero-order valence-electron chi connectivity index (χ0n) is 16.1. The first-order valence-electron chi connectivity index (χ1n) is 10.4. The fourth-order valence-electron chi connectivity index (χ4n) is 4.67. The first-order chi connectivity index (χ1) is 12.9. The topological polar surface area (TPSA) is 65.0 Å². The van der Waals surface area contributed by atoms with Crippen molar-refractivity contribution in [2.45, 2.75) is 102 Å². The molecule has 3 aliphatic rings. The van der Waals surface area contributed by atoms with Gasteiger partial charge in [0.2, 0.25) is 0 Å². The lowest BCUT2D eigenvalue weighted by atomic mass is 9.86. The molecule has 6 atom stereocenters. The molecule has 0 radical (unpaired) electrons. The van der Waals surface area contributed by atoms with Crippen molar-refractivity contribution in [3.63, 3.8) is 0 Å². The Hall–Kier alpha value is -0.790. The molecule has 0 amide bonds. The Morgan fingerprint density at radius 2 is 2.19 bits per heavy atom. The van der Waals surface area contributed by atoms with E-state index in [4.69, 9.17) is 14.2 Å². The Labute approximate surface area is 159 Å². The average Bonchev–Trinajstić information content (AvgIpc) is 3.14. The van der Waals surface area contributed by atoms with Gasteiger partial charge in [-0.15, -0.1) is 0 Å². The highest BCUT2D eigenvalue weighted by molar-refractivity contribution is 5.72. The lowest BCUT2D eigenvalue weighted by Crippen LogP contribution is -2.36. The third kappa shape index (κ3) is 5.18. The van der Waals surface area contributed by atoms with E-state index in [0.717, 1.165) is 19.3 Å². The molecule has 0 aromatic heterocycles. The predicted octanol–water partition coefficient (Wildman–Crippen LogP) is 3.82. The van der Waals surface area contributed by atoms with Gasteiger partial charge >= 0.3 is 5.97 Å². The fraction of sp³-hybridized carbons (Fsp3) is 0.950. The van der Waals surface area contributed by atoms with Gasteiger partial charge in [-0.25, -0.2) is 8.78 Å². The van der Waals surface area contributed by atoms with Crippen molar-refractivity contribution in [2.24, 2.45) is 11.8 Å². The number of unbranched alkanes of at least 4 members (excludes halogenated alkanes) is 1. The second-order valence-corrected chi connectivity index (χ2v) is 8.22. The Morgan fingerprint density at radius 3 is 2.89 bits per heavy atom. The summed E-state index contributed by atoms with van der Waals surface area (Å²) < 4.78 is 45.4. The summed E-state index contributed by atoms with van der Waals surface area (Å²) in [4.78, 5) is 11.7. The van der Waals surface area contributed by atoms with Gasteiger partial charge in [0.05, 0.1) is 12.5 Å². The third-order valence-corrected chi connectivity index (χ3v) is 6.24. The molecule has 27 heavy (non-hydrogen) atoms. The lowest BCUT2D eigenvalue weighted by Gasteiger charge is -2.31. The summed E-state index contributed by atoms with van der Waals surface area (Å²) in [6, 6.07) is 0. The number of fused-ring (bicyclic) bond motifs is 1. The SMILES string of the molecule is CCCCC(F)(F)C(O)CC[C@H]1[C@H](OC2CCCCO2)CC2OC(=O)C[C@@H]21. The molecule has 156 valence electrons. The number of halogens is 2. The highest BCUT2D eigenvalue weighted by atomic mass is 19.3. The van der Waals surface area contributed by atoms with Gasteiger partial charge in [0.1, 0.15) is 12.2 Å². The van der Waals surface area contributed by atoms with Crippen LogP contribution in [0.1, 0.15) is 71.1 Å². The van der Waals surface area contributed by atoms with Gasteiger partial charge in [-0.3, -0.25) is 4.79 Å². The lowest BCUT2D eigenvalue weighted by molar-refractivity contribution is -0.198. The van der Waals surface area contributed by atoms with Crippen LogP contribution in [0, 0.1) is 11.8 Å². The number of hydrogen-bond acceptors (Lipinski definition) is 5. The Morgan fingerprint density at radius 1 is 1.37 bits per heavy atom. The van der Waals surface area contributed by atoms with Crippen molar-refractivity contribution in [1.29, 1.82) is 0 Å². The molecule has 1 saturated carbocycles. The summed E-state index contributed by atoms with van der Waals surface area (Å²) in [7, 11) is 0. The van der Waals surface area contributed by atoms with Crippen LogP contribution in [0.2, 0.25) is 0 Å². The normalized spacial score (nSPS) is 35.1. The molecule has 2 heterocycles. The molecule has 3 unspecified atom stereocenters. The van der Waals surface area contributed by atoms with E-state index >= 15 is 0 Å². The van der Waals surface area contributed by atoms with Gasteiger partial charge in [-0.05, 0) is 44.4 Å². The second-order valence-electron chi connectivity index (χ2n) is 8.22. The van der Waals surface area contributed by atoms with Gasteiger partial charge in [0, 0.05) is 25.4 Å². The Bertz CT molecular complexity index is 495. The number of alkyl halides is 2. The third-order valence-electron chi connectivity index (χ3n) is 6.24. The van der Waals surface area contributed by atoms with Crippen LogP contribution in [0.5, 0.6) is 0 Å². The zero-order valence-corrected chi connectivity index (χ0v) is 16.1. The number of carbonyl (C=O) groups excluding carboxylic acids is 1. The Balaban J connectivity index is 1.59. The molecule has 0 aromatic rings. The van der Waals surface area contributed by atoms with E-state index in [1.54, 1.807) is 0 Å². The van der Waals surface area contributed by atoms with E-state index < -0.39 is 12.0 Å². The first kappa shape index (κ1) is 20.9. The van der Waals surface area contributed by atoms with Crippen molar-refractivity contribution < 1.29 is 32.9 Å². The number of rotatable bonds is 9. The number of hydrogen-bond donors (Lipinski definition) is 1. The standard InChI is InChI=1S/C20H32F2O5/c1-2-3-9-20(21,22)17(23)8-7-13-14-11-18(24)26-16(14)12-15(13)27-19-6-4-5-10-25-19/h13-17,19,23H,2-12H2,1H3/t13-,14-,15-,16?,17?,19?/m1/s1. The largest absolute Gasteiger partial charge is 0.462 e. The molecule has 3 fully saturated rings. The molecular formula is C20H32F2O5. The van der Waals surface area contributed by atoms with Crippen LogP contribution >= 0.6 is 0 Å². The van der Waals surface area contributed by atoms with Crippen LogP contribution in [0.15, 0.2) is 0 Å². The zero-order chi connectivity index (χ0) is 19.4.